The van der Waals surface area contributed by atoms with Crippen LogP contribution < -0.4 is 4.90 Å². The smallest absolute Gasteiger partial charge is 0.316 e. The van der Waals surface area contributed by atoms with Crippen molar-refractivity contribution >= 4 is 17.5 Å². The number of benzene rings is 2. The summed E-state index contributed by atoms with van der Waals surface area (Å²) in [6.45, 7) is 0. The van der Waals surface area contributed by atoms with Gasteiger partial charge in [0.1, 0.15) is 0 Å². The molecule has 1 heterocycles. The highest BCUT2D eigenvalue weighted by molar-refractivity contribution is 6.06. The Hall–Kier alpha value is -3.60. The van der Waals surface area contributed by atoms with Crippen LogP contribution in [0, 0.1) is 11.3 Å². The number of amides is 2. The number of nitrogens with zero attached hydrogens (tertiary/aromatic N) is 3. The molecule has 2 aromatic rings. The van der Waals surface area contributed by atoms with E-state index in [1.54, 1.807) is 24.3 Å². The number of allylic oxidation sites excluding steroid dienone is 1. The maximum absolute atomic E-state index is 13.4. The summed E-state index contributed by atoms with van der Waals surface area (Å²) in [5.41, 5.74) is 0.796. The molecule has 0 saturated carbocycles. The normalized spacial score (nSPS) is 19.4. The number of hydrogen-bond donors (Lipinski definition) is 0. The van der Waals surface area contributed by atoms with E-state index in [-0.39, 0.29) is 17.9 Å². The van der Waals surface area contributed by atoms with Crippen LogP contribution in [0.3, 0.4) is 0 Å². The Morgan fingerprint density at radius 2 is 1.81 bits per heavy atom. The van der Waals surface area contributed by atoms with Gasteiger partial charge in [0.15, 0.2) is 5.78 Å². The van der Waals surface area contributed by atoms with E-state index in [0.29, 0.717) is 35.2 Å². The second kappa shape index (κ2) is 7.58. The van der Waals surface area contributed by atoms with Crippen molar-refractivity contribution < 1.29 is 22.8 Å². The van der Waals surface area contributed by atoms with E-state index < -0.39 is 23.8 Å². The van der Waals surface area contributed by atoms with Gasteiger partial charge in [-0.25, -0.2) is 4.79 Å². The van der Waals surface area contributed by atoms with Gasteiger partial charge in [-0.1, -0.05) is 24.3 Å². The average Bonchev–Trinajstić information content (AvgIpc) is 2.75. The lowest BCUT2D eigenvalue weighted by atomic mass is 9.82. The standard InChI is InChI=1S/C23H18F3N3O2/c1-28-21(17-9-3-2-6-14(17)13-27)20-18(10-5-11-19(20)30)29(22(28)31)16-8-4-7-15(12-16)23(24,25)26/h2-4,6-9,12,21H,5,10-11H2,1H3. The Kier molecular flexibility index (Phi) is 5.05. The topological polar surface area (TPSA) is 64.4 Å². The Balaban J connectivity index is 1.93. The fourth-order valence-corrected chi connectivity index (χ4v) is 4.26. The molecule has 31 heavy (non-hydrogen) atoms. The second-order valence-corrected chi connectivity index (χ2v) is 7.52. The summed E-state index contributed by atoms with van der Waals surface area (Å²) in [4.78, 5) is 28.9. The van der Waals surface area contributed by atoms with E-state index in [1.807, 2.05) is 0 Å². The number of ketones is 1. The minimum absolute atomic E-state index is 0.0564. The molecule has 2 aliphatic rings. The van der Waals surface area contributed by atoms with Gasteiger partial charge in [0.05, 0.1) is 28.9 Å². The Morgan fingerprint density at radius 1 is 1.06 bits per heavy atom. The molecule has 0 spiro atoms. The van der Waals surface area contributed by atoms with Gasteiger partial charge in [-0.3, -0.25) is 9.69 Å². The van der Waals surface area contributed by atoms with Crippen molar-refractivity contribution in [1.29, 1.82) is 5.26 Å². The fraction of sp³-hybridized carbons (Fsp3) is 0.261. The van der Waals surface area contributed by atoms with Gasteiger partial charge < -0.3 is 4.90 Å². The molecule has 5 nitrogen and oxygen atoms in total. The molecule has 0 saturated heterocycles. The second-order valence-electron chi connectivity index (χ2n) is 7.52. The van der Waals surface area contributed by atoms with Gasteiger partial charge in [0.25, 0.3) is 0 Å². The molecule has 0 N–H and O–H groups in total. The van der Waals surface area contributed by atoms with Crippen LogP contribution in [0.5, 0.6) is 0 Å². The monoisotopic (exact) mass is 425 g/mol. The highest BCUT2D eigenvalue weighted by atomic mass is 19.4. The SMILES string of the molecule is CN1C(=O)N(c2cccc(C(F)(F)F)c2)C2=C(C(=O)CCC2)C1c1ccccc1C#N. The molecule has 0 aromatic heterocycles. The van der Waals surface area contributed by atoms with Gasteiger partial charge in [-0.15, -0.1) is 0 Å². The molecular formula is C23H18F3N3O2. The number of carbonyl (C=O) groups is 2. The fourth-order valence-electron chi connectivity index (χ4n) is 4.26. The summed E-state index contributed by atoms with van der Waals surface area (Å²) < 4.78 is 39.8. The van der Waals surface area contributed by atoms with Crippen LogP contribution in [-0.2, 0) is 11.0 Å². The summed E-state index contributed by atoms with van der Waals surface area (Å²) in [5, 5.41) is 9.53. The molecule has 1 aliphatic carbocycles. The van der Waals surface area contributed by atoms with Crippen LogP contribution in [0.4, 0.5) is 23.7 Å². The number of hydrogen-bond acceptors (Lipinski definition) is 3. The lowest BCUT2D eigenvalue weighted by Crippen LogP contribution is -2.50. The van der Waals surface area contributed by atoms with E-state index in [1.165, 1.54) is 29.0 Å². The zero-order valence-electron chi connectivity index (χ0n) is 16.6. The summed E-state index contributed by atoms with van der Waals surface area (Å²) in [6.07, 6.45) is -3.41. The third-order valence-corrected chi connectivity index (χ3v) is 5.66. The molecule has 4 rings (SSSR count). The Bertz CT molecular complexity index is 1150. The molecule has 2 amide bonds. The first-order chi connectivity index (χ1) is 14.7. The molecular weight excluding hydrogens is 407 g/mol. The van der Waals surface area contributed by atoms with Crippen molar-refractivity contribution in [2.75, 3.05) is 11.9 Å². The van der Waals surface area contributed by atoms with Crippen LogP contribution >= 0.6 is 0 Å². The lowest BCUT2D eigenvalue weighted by Gasteiger charge is -2.44. The minimum Gasteiger partial charge on any atom is -0.316 e. The van der Waals surface area contributed by atoms with Crippen LogP contribution in [0.25, 0.3) is 0 Å². The number of carbonyl (C=O) groups excluding carboxylic acids is 2. The van der Waals surface area contributed by atoms with Crippen molar-refractivity contribution in [2.45, 2.75) is 31.5 Å². The lowest BCUT2D eigenvalue weighted by molar-refractivity contribution is -0.137. The molecule has 8 heteroatoms. The van der Waals surface area contributed by atoms with Crippen LogP contribution in [0.2, 0.25) is 0 Å². The van der Waals surface area contributed by atoms with E-state index in [2.05, 4.69) is 6.07 Å². The molecule has 2 aromatic carbocycles. The summed E-state index contributed by atoms with van der Waals surface area (Å²) >= 11 is 0. The maximum atomic E-state index is 13.4. The van der Waals surface area contributed by atoms with E-state index >= 15 is 0 Å². The van der Waals surface area contributed by atoms with Gasteiger partial charge >= 0.3 is 12.2 Å². The number of halogens is 3. The molecule has 0 bridgehead atoms. The summed E-state index contributed by atoms with van der Waals surface area (Å²) in [6, 6.07) is 12.0. The van der Waals surface area contributed by atoms with Gasteiger partial charge in [0.2, 0.25) is 0 Å². The Labute approximate surface area is 177 Å². The highest BCUT2D eigenvalue weighted by Crippen LogP contribution is 2.44. The molecule has 0 radical (unpaired) electrons. The van der Waals surface area contributed by atoms with E-state index in [4.69, 9.17) is 0 Å². The zero-order valence-corrected chi connectivity index (χ0v) is 16.6. The third-order valence-electron chi connectivity index (χ3n) is 5.66. The maximum Gasteiger partial charge on any atom is 0.416 e. The van der Waals surface area contributed by atoms with Crippen LogP contribution in [0.15, 0.2) is 59.8 Å². The number of Topliss-reactive ketones (excluding diaryl/α,β-unsaturated/α-hetero) is 1. The number of anilines is 1. The van der Waals surface area contributed by atoms with Crippen LogP contribution in [0.1, 0.15) is 42.0 Å². The minimum atomic E-state index is -4.56. The predicted molar refractivity (Wildman–Crippen MR) is 107 cm³/mol. The summed E-state index contributed by atoms with van der Waals surface area (Å²) in [5.74, 6) is -0.171. The largest absolute Gasteiger partial charge is 0.416 e. The van der Waals surface area contributed by atoms with Gasteiger partial charge in [-0.2, -0.15) is 18.4 Å². The predicted octanol–water partition coefficient (Wildman–Crippen LogP) is 5.20. The highest BCUT2D eigenvalue weighted by Gasteiger charge is 2.44. The molecule has 1 aliphatic heterocycles. The first-order valence-corrected chi connectivity index (χ1v) is 9.73. The number of urea groups is 1. The van der Waals surface area contributed by atoms with Crippen molar-refractivity contribution in [1.82, 2.24) is 4.90 Å². The van der Waals surface area contributed by atoms with Crippen LogP contribution in [-0.4, -0.2) is 23.8 Å². The van der Waals surface area contributed by atoms with Crippen molar-refractivity contribution in [3.63, 3.8) is 0 Å². The van der Waals surface area contributed by atoms with E-state index in [0.717, 1.165) is 12.1 Å². The Morgan fingerprint density at radius 3 is 2.52 bits per heavy atom. The van der Waals surface area contributed by atoms with Gasteiger partial charge in [0, 0.05) is 24.7 Å². The van der Waals surface area contributed by atoms with Crippen molar-refractivity contribution in [3.05, 3.63) is 76.5 Å². The zero-order chi connectivity index (χ0) is 22.3. The third kappa shape index (κ3) is 3.46. The number of likely N-dealkylation sites (N-methyl/N-ethyl adjacent to an activating group) is 1. The van der Waals surface area contributed by atoms with Crippen molar-refractivity contribution in [2.24, 2.45) is 0 Å². The molecule has 0 fully saturated rings. The van der Waals surface area contributed by atoms with Crippen molar-refractivity contribution in [3.8, 4) is 6.07 Å². The molecule has 1 atom stereocenters. The molecule has 158 valence electrons. The van der Waals surface area contributed by atoms with Gasteiger partial charge in [-0.05, 0) is 42.7 Å². The average molecular weight is 425 g/mol. The quantitative estimate of drug-likeness (QED) is 0.665. The number of nitriles is 1. The first kappa shape index (κ1) is 20.7. The summed E-state index contributed by atoms with van der Waals surface area (Å²) in [7, 11) is 1.49. The molecule has 1 unspecified atom stereocenters. The van der Waals surface area contributed by atoms with E-state index in [9.17, 15) is 28.0 Å². The number of rotatable bonds is 2. The first-order valence-electron chi connectivity index (χ1n) is 9.73. The number of alkyl halides is 3.